The van der Waals surface area contributed by atoms with E-state index in [1.54, 1.807) is 4.68 Å². The topological polar surface area (TPSA) is 123 Å². The van der Waals surface area contributed by atoms with Crippen molar-refractivity contribution >= 4 is 29.1 Å². The second-order valence-electron chi connectivity index (χ2n) is 8.48. The molecule has 1 amide bonds. The number of aryl methyl sites for hydroxylation is 1. The molecule has 1 fully saturated rings. The van der Waals surface area contributed by atoms with Crippen molar-refractivity contribution in [2.45, 2.75) is 6.17 Å². The maximum absolute atomic E-state index is 13.1. The second-order valence-corrected chi connectivity index (χ2v) is 8.48. The molecule has 0 bridgehead atoms. The average Bonchev–Trinajstić information content (AvgIpc) is 3.51. The molecule has 4 aromatic rings. The fourth-order valence-corrected chi connectivity index (χ4v) is 4.32. The predicted octanol–water partition coefficient (Wildman–Crippen LogP) is 2.53. The Bertz CT molecular complexity index is 1420. The Labute approximate surface area is 206 Å². The standard InChI is InChI=1S/C25H24N8O3/c1-32-15-18(22(31-32)33-11-13-35-14-12-33)24-29-30-25(36-24)28-21-23(34)26-19-10-6-5-9-17(19)20(27-21)16-7-3-2-4-8-16/h2-10,15,21H,11-14H2,1H3,(H,26,34)(H,28,30)/t21-/m1/s1. The van der Waals surface area contributed by atoms with E-state index in [-0.39, 0.29) is 11.9 Å². The lowest BCUT2D eigenvalue weighted by atomic mass is 10.0. The van der Waals surface area contributed by atoms with Gasteiger partial charge in [0.2, 0.25) is 6.17 Å². The highest BCUT2D eigenvalue weighted by Gasteiger charge is 2.28. The van der Waals surface area contributed by atoms with Gasteiger partial charge in [0, 0.05) is 37.5 Å². The van der Waals surface area contributed by atoms with Gasteiger partial charge in [-0.2, -0.15) is 5.10 Å². The molecule has 2 aromatic carbocycles. The Morgan fingerprint density at radius 1 is 1.00 bits per heavy atom. The van der Waals surface area contributed by atoms with Crippen LogP contribution in [0.5, 0.6) is 0 Å². The number of carbonyl (C=O) groups is 1. The van der Waals surface area contributed by atoms with Crippen molar-refractivity contribution in [1.29, 1.82) is 0 Å². The summed E-state index contributed by atoms with van der Waals surface area (Å²) < 4.78 is 13.1. The summed E-state index contributed by atoms with van der Waals surface area (Å²) in [5, 5.41) is 18.9. The largest absolute Gasteiger partial charge is 0.403 e. The zero-order valence-electron chi connectivity index (χ0n) is 19.6. The van der Waals surface area contributed by atoms with Gasteiger partial charge >= 0.3 is 6.01 Å². The lowest BCUT2D eigenvalue weighted by molar-refractivity contribution is -0.116. The molecule has 2 aromatic heterocycles. The van der Waals surface area contributed by atoms with E-state index in [0.29, 0.717) is 36.1 Å². The first-order chi connectivity index (χ1) is 17.7. The normalized spacial score (nSPS) is 17.7. The van der Waals surface area contributed by atoms with Gasteiger partial charge in [-0.05, 0) is 6.07 Å². The van der Waals surface area contributed by atoms with Crippen molar-refractivity contribution in [3.05, 3.63) is 71.9 Å². The summed E-state index contributed by atoms with van der Waals surface area (Å²) >= 11 is 0. The third-order valence-electron chi connectivity index (χ3n) is 6.03. The Morgan fingerprint density at radius 2 is 1.78 bits per heavy atom. The number of fused-ring (bicyclic) bond motifs is 1. The maximum atomic E-state index is 13.1. The molecule has 4 heterocycles. The second kappa shape index (κ2) is 9.27. The lowest BCUT2D eigenvalue weighted by Crippen LogP contribution is -2.36. The Hall–Kier alpha value is -4.51. The van der Waals surface area contributed by atoms with Crippen molar-refractivity contribution in [3.63, 3.8) is 0 Å². The van der Waals surface area contributed by atoms with Gasteiger partial charge < -0.3 is 24.7 Å². The number of aliphatic imine (C=N–C) groups is 1. The number of ether oxygens (including phenoxy) is 1. The molecule has 0 aliphatic carbocycles. The van der Waals surface area contributed by atoms with Crippen LogP contribution in [0.25, 0.3) is 11.5 Å². The number of morpholine rings is 1. The van der Waals surface area contributed by atoms with Crippen LogP contribution in [0.4, 0.5) is 17.5 Å². The third kappa shape index (κ3) is 4.20. The first-order valence-corrected chi connectivity index (χ1v) is 11.7. The van der Waals surface area contributed by atoms with Crippen molar-refractivity contribution < 1.29 is 13.9 Å². The van der Waals surface area contributed by atoms with E-state index in [0.717, 1.165) is 30.0 Å². The average molecular weight is 485 g/mol. The van der Waals surface area contributed by atoms with Crippen LogP contribution in [0, 0.1) is 0 Å². The van der Waals surface area contributed by atoms with E-state index in [4.69, 9.17) is 14.1 Å². The minimum absolute atomic E-state index is 0.0871. The summed E-state index contributed by atoms with van der Waals surface area (Å²) in [6.07, 6.45) is 0.858. The van der Waals surface area contributed by atoms with Crippen LogP contribution in [0.2, 0.25) is 0 Å². The zero-order valence-corrected chi connectivity index (χ0v) is 19.6. The summed E-state index contributed by atoms with van der Waals surface area (Å²) in [7, 11) is 1.84. The van der Waals surface area contributed by atoms with Crippen LogP contribution in [0.15, 0.2) is 70.2 Å². The van der Waals surface area contributed by atoms with E-state index in [1.165, 1.54) is 0 Å². The third-order valence-corrected chi connectivity index (χ3v) is 6.03. The molecule has 182 valence electrons. The minimum atomic E-state index is -0.978. The number of nitrogens with one attached hydrogen (secondary N) is 2. The molecule has 0 unspecified atom stereocenters. The number of anilines is 3. The number of nitrogens with zero attached hydrogens (tertiary/aromatic N) is 6. The summed E-state index contributed by atoms with van der Waals surface area (Å²) in [6.45, 7) is 2.72. The number of benzodiazepines with no additional fused rings is 1. The molecule has 1 atom stereocenters. The smallest absolute Gasteiger partial charge is 0.317 e. The fraction of sp³-hybridized carbons (Fsp3) is 0.240. The minimum Gasteiger partial charge on any atom is -0.403 e. The lowest BCUT2D eigenvalue weighted by Gasteiger charge is -2.27. The van der Waals surface area contributed by atoms with E-state index < -0.39 is 6.17 Å². The summed E-state index contributed by atoms with van der Waals surface area (Å²) in [5.41, 5.74) is 3.81. The first kappa shape index (κ1) is 22.0. The molecule has 1 saturated heterocycles. The van der Waals surface area contributed by atoms with Gasteiger partial charge in [0.05, 0.1) is 24.6 Å². The first-order valence-electron chi connectivity index (χ1n) is 11.7. The van der Waals surface area contributed by atoms with Crippen molar-refractivity contribution in [3.8, 4) is 11.5 Å². The molecule has 0 saturated carbocycles. The van der Waals surface area contributed by atoms with Crippen LogP contribution in [0.3, 0.4) is 0 Å². The van der Waals surface area contributed by atoms with Gasteiger partial charge in [-0.3, -0.25) is 9.48 Å². The number of carbonyl (C=O) groups excluding carboxylic acids is 1. The molecular weight excluding hydrogens is 460 g/mol. The van der Waals surface area contributed by atoms with Gasteiger partial charge in [0.15, 0.2) is 5.82 Å². The molecule has 2 aliphatic rings. The molecule has 2 N–H and O–H groups in total. The van der Waals surface area contributed by atoms with Gasteiger partial charge in [-0.15, -0.1) is 5.10 Å². The van der Waals surface area contributed by atoms with Gasteiger partial charge in [-0.25, -0.2) is 4.99 Å². The number of hydrogen-bond donors (Lipinski definition) is 2. The molecule has 11 nitrogen and oxygen atoms in total. The number of hydrogen-bond acceptors (Lipinski definition) is 9. The molecule has 6 rings (SSSR count). The Kier molecular flexibility index (Phi) is 5.66. The molecule has 2 aliphatic heterocycles. The number of aromatic nitrogens is 4. The summed E-state index contributed by atoms with van der Waals surface area (Å²) in [4.78, 5) is 20.0. The van der Waals surface area contributed by atoms with Gasteiger partial charge in [0.25, 0.3) is 11.8 Å². The Balaban J connectivity index is 1.31. The maximum Gasteiger partial charge on any atom is 0.317 e. The molecule has 0 spiro atoms. The molecule has 11 heteroatoms. The fourth-order valence-electron chi connectivity index (χ4n) is 4.32. The van der Waals surface area contributed by atoms with Gasteiger partial charge in [-0.1, -0.05) is 53.6 Å². The van der Waals surface area contributed by atoms with Crippen molar-refractivity contribution in [1.82, 2.24) is 20.0 Å². The predicted molar refractivity (Wildman–Crippen MR) is 134 cm³/mol. The van der Waals surface area contributed by atoms with Gasteiger partial charge in [0.1, 0.15) is 5.56 Å². The number of benzene rings is 2. The van der Waals surface area contributed by atoms with Crippen LogP contribution in [0.1, 0.15) is 11.1 Å². The van der Waals surface area contributed by atoms with Crippen LogP contribution >= 0.6 is 0 Å². The molecule has 0 radical (unpaired) electrons. The number of rotatable bonds is 5. The molecular formula is C25H24N8O3. The zero-order chi connectivity index (χ0) is 24.5. The van der Waals surface area contributed by atoms with E-state index in [2.05, 4.69) is 30.8 Å². The van der Waals surface area contributed by atoms with E-state index in [1.807, 2.05) is 67.8 Å². The number of para-hydroxylation sites is 1. The summed E-state index contributed by atoms with van der Waals surface area (Å²) in [5.74, 6) is 0.725. The SMILES string of the molecule is Cn1cc(-c2nnc(N[C@H]3N=C(c4ccccc4)c4ccccc4NC3=O)o2)c(N2CCOCC2)n1. The van der Waals surface area contributed by atoms with Crippen molar-refractivity contribution in [2.75, 3.05) is 41.8 Å². The number of amides is 1. The quantitative estimate of drug-likeness (QED) is 0.443. The monoisotopic (exact) mass is 484 g/mol. The van der Waals surface area contributed by atoms with Crippen LogP contribution in [-0.4, -0.2) is 64.1 Å². The van der Waals surface area contributed by atoms with Crippen LogP contribution in [-0.2, 0) is 16.6 Å². The highest BCUT2D eigenvalue weighted by Crippen LogP contribution is 2.31. The summed E-state index contributed by atoms with van der Waals surface area (Å²) in [6, 6.07) is 17.4. The highest BCUT2D eigenvalue weighted by atomic mass is 16.5. The van der Waals surface area contributed by atoms with Crippen LogP contribution < -0.4 is 15.5 Å². The Morgan fingerprint density at radius 3 is 2.61 bits per heavy atom. The van der Waals surface area contributed by atoms with Crippen molar-refractivity contribution in [2.24, 2.45) is 12.0 Å². The molecule has 36 heavy (non-hydrogen) atoms. The van der Waals surface area contributed by atoms with E-state index >= 15 is 0 Å². The van der Waals surface area contributed by atoms with E-state index in [9.17, 15) is 4.79 Å². The highest BCUT2D eigenvalue weighted by molar-refractivity contribution is 6.19.